The molecule has 7 heteroatoms. The number of aliphatic hydroxyl groups excluding tert-OH is 4. The van der Waals surface area contributed by atoms with Gasteiger partial charge < -0.3 is 25.2 Å². The van der Waals surface area contributed by atoms with Crippen LogP contribution in [0.3, 0.4) is 0 Å². The SMILES string of the molecule is O=C(OCc1ccccc1)N1C[C@H](O)[C@@H](O)[C@H](O)[C@H]1CO. The van der Waals surface area contributed by atoms with Crippen LogP contribution in [0.15, 0.2) is 30.3 Å². The van der Waals surface area contributed by atoms with E-state index in [0.29, 0.717) is 0 Å². The predicted molar refractivity (Wildman–Crippen MR) is 72.2 cm³/mol. The lowest BCUT2D eigenvalue weighted by Crippen LogP contribution is -2.63. The first-order valence-corrected chi connectivity index (χ1v) is 6.67. The molecule has 116 valence electrons. The summed E-state index contributed by atoms with van der Waals surface area (Å²) in [5.41, 5.74) is 0.796. The molecule has 1 saturated heterocycles. The highest BCUT2D eigenvalue weighted by Gasteiger charge is 2.43. The Labute approximate surface area is 122 Å². The number of hydrogen-bond acceptors (Lipinski definition) is 6. The van der Waals surface area contributed by atoms with E-state index in [9.17, 15) is 25.2 Å². The summed E-state index contributed by atoms with van der Waals surface area (Å²) in [5.74, 6) is 0. The minimum Gasteiger partial charge on any atom is -0.445 e. The Kier molecular flexibility index (Phi) is 5.13. The first kappa shape index (κ1) is 15.7. The second kappa shape index (κ2) is 6.86. The molecule has 1 aromatic carbocycles. The molecule has 1 amide bonds. The maximum Gasteiger partial charge on any atom is 0.410 e. The van der Waals surface area contributed by atoms with Gasteiger partial charge in [0.25, 0.3) is 0 Å². The van der Waals surface area contributed by atoms with Gasteiger partial charge in [0, 0.05) is 0 Å². The number of rotatable bonds is 3. The van der Waals surface area contributed by atoms with E-state index in [1.165, 1.54) is 0 Å². The zero-order chi connectivity index (χ0) is 15.4. The van der Waals surface area contributed by atoms with E-state index < -0.39 is 37.1 Å². The van der Waals surface area contributed by atoms with Gasteiger partial charge in [0.05, 0.1) is 19.2 Å². The topological polar surface area (TPSA) is 110 Å². The molecule has 1 heterocycles. The monoisotopic (exact) mass is 297 g/mol. The summed E-state index contributed by atoms with van der Waals surface area (Å²) in [7, 11) is 0. The number of benzene rings is 1. The van der Waals surface area contributed by atoms with Crippen LogP contribution in [0.5, 0.6) is 0 Å². The van der Waals surface area contributed by atoms with Crippen molar-refractivity contribution in [2.75, 3.05) is 13.2 Å². The van der Waals surface area contributed by atoms with Crippen molar-refractivity contribution in [3.63, 3.8) is 0 Å². The lowest BCUT2D eigenvalue weighted by molar-refractivity contribution is -0.138. The lowest BCUT2D eigenvalue weighted by atomic mass is 9.95. The second-order valence-corrected chi connectivity index (χ2v) is 4.99. The van der Waals surface area contributed by atoms with E-state index in [4.69, 9.17) is 4.74 Å². The quantitative estimate of drug-likeness (QED) is 0.574. The number of carbonyl (C=O) groups excluding carboxylic acids is 1. The maximum absolute atomic E-state index is 12.0. The predicted octanol–water partition coefficient (Wildman–Crippen LogP) is -0.918. The Morgan fingerprint density at radius 3 is 2.48 bits per heavy atom. The molecule has 0 aliphatic carbocycles. The molecule has 2 rings (SSSR count). The zero-order valence-electron chi connectivity index (χ0n) is 11.4. The fraction of sp³-hybridized carbons (Fsp3) is 0.500. The van der Waals surface area contributed by atoms with Crippen molar-refractivity contribution in [3.05, 3.63) is 35.9 Å². The summed E-state index contributed by atoms with van der Waals surface area (Å²) in [5, 5.41) is 38.3. The molecule has 0 aromatic heterocycles. The minimum absolute atomic E-state index is 0.0447. The summed E-state index contributed by atoms with van der Waals surface area (Å²) >= 11 is 0. The lowest BCUT2D eigenvalue weighted by Gasteiger charge is -2.42. The number of nitrogens with zero attached hydrogens (tertiary/aromatic N) is 1. The standard InChI is InChI=1S/C14H19NO6/c16-7-10-12(18)13(19)11(17)6-15(10)14(20)21-8-9-4-2-1-3-5-9/h1-5,10-13,16-19H,6-8H2/t10-,11+,12-,13-/m1/s1. The number of piperidine rings is 1. The number of ether oxygens (including phenoxy) is 1. The molecule has 4 atom stereocenters. The van der Waals surface area contributed by atoms with Crippen LogP contribution >= 0.6 is 0 Å². The van der Waals surface area contributed by atoms with E-state index in [1.54, 1.807) is 12.1 Å². The van der Waals surface area contributed by atoms with Gasteiger partial charge in [-0.15, -0.1) is 0 Å². The van der Waals surface area contributed by atoms with Crippen molar-refractivity contribution in [2.45, 2.75) is 31.0 Å². The molecule has 1 aliphatic heterocycles. The zero-order valence-corrected chi connectivity index (χ0v) is 11.4. The van der Waals surface area contributed by atoms with Gasteiger partial charge in [-0.25, -0.2) is 4.79 Å². The Morgan fingerprint density at radius 1 is 1.19 bits per heavy atom. The van der Waals surface area contributed by atoms with Crippen LogP contribution < -0.4 is 0 Å². The molecule has 1 aliphatic rings. The summed E-state index contributed by atoms with van der Waals surface area (Å²) in [6.45, 7) is -0.703. The maximum atomic E-state index is 12.0. The third-order valence-electron chi connectivity index (χ3n) is 3.55. The minimum atomic E-state index is -1.43. The molecule has 0 bridgehead atoms. The highest BCUT2D eigenvalue weighted by molar-refractivity contribution is 5.68. The van der Waals surface area contributed by atoms with E-state index in [1.807, 2.05) is 18.2 Å². The van der Waals surface area contributed by atoms with Gasteiger partial charge in [-0.3, -0.25) is 4.90 Å². The van der Waals surface area contributed by atoms with Crippen molar-refractivity contribution in [2.24, 2.45) is 0 Å². The first-order chi connectivity index (χ1) is 10.0. The van der Waals surface area contributed by atoms with E-state index >= 15 is 0 Å². The average Bonchev–Trinajstić information content (AvgIpc) is 2.51. The summed E-state index contributed by atoms with van der Waals surface area (Å²) in [6.07, 6.45) is -4.88. The van der Waals surface area contributed by atoms with Crippen molar-refractivity contribution >= 4 is 6.09 Å². The van der Waals surface area contributed by atoms with Crippen LogP contribution in [0.2, 0.25) is 0 Å². The van der Waals surface area contributed by atoms with Crippen molar-refractivity contribution in [3.8, 4) is 0 Å². The Morgan fingerprint density at radius 2 is 1.86 bits per heavy atom. The van der Waals surface area contributed by atoms with Gasteiger partial charge in [0.2, 0.25) is 0 Å². The van der Waals surface area contributed by atoms with E-state index in [-0.39, 0.29) is 13.2 Å². The van der Waals surface area contributed by atoms with Crippen molar-refractivity contribution in [1.82, 2.24) is 4.90 Å². The van der Waals surface area contributed by atoms with E-state index in [0.717, 1.165) is 10.5 Å². The van der Waals surface area contributed by atoms with Crippen LogP contribution in [0, 0.1) is 0 Å². The Balaban J connectivity index is 2.00. The number of hydrogen-bond donors (Lipinski definition) is 4. The molecule has 4 N–H and O–H groups in total. The fourth-order valence-corrected chi connectivity index (χ4v) is 2.30. The van der Waals surface area contributed by atoms with Crippen LogP contribution in [-0.2, 0) is 11.3 Å². The molecular weight excluding hydrogens is 278 g/mol. The van der Waals surface area contributed by atoms with Crippen LogP contribution in [0.1, 0.15) is 5.56 Å². The largest absolute Gasteiger partial charge is 0.445 e. The highest BCUT2D eigenvalue weighted by Crippen LogP contribution is 2.20. The number of carbonyl (C=O) groups is 1. The molecule has 1 fully saturated rings. The van der Waals surface area contributed by atoms with Crippen LogP contribution in [0.4, 0.5) is 4.79 Å². The highest BCUT2D eigenvalue weighted by atomic mass is 16.6. The molecule has 21 heavy (non-hydrogen) atoms. The number of likely N-dealkylation sites (tertiary alicyclic amines) is 1. The molecule has 7 nitrogen and oxygen atoms in total. The number of amides is 1. The third kappa shape index (κ3) is 3.51. The van der Waals surface area contributed by atoms with Gasteiger partial charge >= 0.3 is 6.09 Å². The van der Waals surface area contributed by atoms with Gasteiger partial charge in [-0.2, -0.15) is 0 Å². The third-order valence-corrected chi connectivity index (χ3v) is 3.55. The van der Waals surface area contributed by atoms with Crippen LogP contribution in [0.25, 0.3) is 0 Å². The molecular formula is C14H19NO6. The molecule has 0 saturated carbocycles. The van der Waals surface area contributed by atoms with Crippen molar-refractivity contribution in [1.29, 1.82) is 0 Å². The Bertz CT molecular complexity index is 468. The number of β-amino-alcohol motifs (C(OH)–C–C–N with tert-alkyl or cyclic N) is 1. The molecule has 0 spiro atoms. The van der Waals surface area contributed by atoms with Gasteiger partial charge in [0.1, 0.15) is 24.9 Å². The van der Waals surface area contributed by atoms with Crippen LogP contribution in [-0.4, -0.2) is 68.9 Å². The summed E-state index contributed by atoms with van der Waals surface area (Å²) < 4.78 is 5.10. The smallest absolute Gasteiger partial charge is 0.410 e. The summed E-state index contributed by atoms with van der Waals surface area (Å²) in [4.78, 5) is 13.1. The average molecular weight is 297 g/mol. The number of aliphatic hydroxyl groups is 4. The van der Waals surface area contributed by atoms with E-state index in [2.05, 4.69) is 0 Å². The van der Waals surface area contributed by atoms with Crippen molar-refractivity contribution < 1.29 is 30.0 Å². The fourth-order valence-electron chi connectivity index (χ4n) is 2.30. The normalized spacial score (nSPS) is 29.2. The second-order valence-electron chi connectivity index (χ2n) is 4.99. The van der Waals surface area contributed by atoms with Gasteiger partial charge in [-0.05, 0) is 5.56 Å². The Hall–Kier alpha value is -1.67. The van der Waals surface area contributed by atoms with Gasteiger partial charge in [-0.1, -0.05) is 30.3 Å². The molecule has 1 aromatic rings. The summed E-state index contributed by atoms with van der Waals surface area (Å²) in [6, 6.07) is 8.04. The van der Waals surface area contributed by atoms with Gasteiger partial charge in [0.15, 0.2) is 0 Å². The molecule has 0 unspecified atom stereocenters. The first-order valence-electron chi connectivity index (χ1n) is 6.67. The molecule has 0 radical (unpaired) electrons.